The van der Waals surface area contributed by atoms with E-state index in [-0.39, 0.29) is 0 Å². The minimum Gasteiger partial charge on any atom is -0.305 e. The fourth-order valence-corrected chi connectivity index (χ4v) is 5.59. The summed E-state index contributed by atoms with van der Waals surface area (Å²) >= 11 is 0. The predicted molar refractivity (Wildman–Crippen MR) is 141 cm³/mol. The number of para-hydroxylation sites is 2. The van der Waals surface area contributed by atoms with Crippen LogP contribution in [0.1, 0.15) is 5.69 Å². The second-order valence-corrected chi connectivity index (χ2v) is 9.04. The first-order valence-electron chi connectivity index (χ1n) is 11.7. The van der Waals surface area contributed by atoms with E-state index >= 15 is 0 Å². The normalized spacial score (nSPS) is 11.8. The van der Waals surface area contributed by atoms with Crippen molar-refractivity contribution in [2.24, 2.45) is 7.05 Å². The molecule has 7 rings (SSSR count). The van der Waals surface area contributed by atoms with Gasteiger partial charge in [0.25, 0.3) is 5.82 Å². The number of rotatable bonds is 2. The Bertz CT molecular complexity index is 1830. The molecule has 162 valence electrons. The molecule has 3 heteroatoms. The van der Waals surface area contributed by atoms with Crippen LogP contribution in [0.3, 0.4) is 0 Å². The molecule has 7 aromatic rings. The Morgan fingerprint density at radius 3 is 1.76 bits per heavy atom. The Morgan fingerprint density at radius 1 is 0.588 bits per heavy atom. The number of benzene rings is 4. The maximum atomic E-state index is 2.41. The minimum absolute atomic E-state index is 1.17. The van der Waals surface area contributed by atoms with Crippen LogP contribution in [0.25, 0.3) is 54.9 Å². The van der Waals surface area contributed by atoms with Crippen molar-refractivity contribution in [3.05, 3.63) is 115 Å². The van der Waals surface area contributed by atoms with E-state index in [4.69, 9.17) is 0 Å². The van der Waals surface area contributed by atoms with Crippen molar-refractivity contribution in [1.82, 2.24) is 9.13 Å². The predicted octanol–water partition coefficient (Wildman–Crippen LogP) is 7.01. The van der Waals surface area contributed by atoms with Gasteiger partial charge in [0.15, 0.2) is 0 Å². The second-order valence-electron chi connectivity index (χ2n) is 9.04. The number of fused-ring (bicyclic) bond motifs is 5. The van der Waals surface area contributed by atoms with Gasteiger partial charge < -0.3 is 4.57 Å². The van der Waals surface area contributed by atoms with E-state index in [0.29, 0.717) is 0 Å². The SMILES string of the molecule is Cc1c2ccccc2cn1-c1c2ccccc2c(-n2c3ccccc3c3ccccc32)c[n+]1C. The molecule has 0 aliphatic rings. The molecule has 0 bridgehead atoms. The van der Waals surface area contributed by atoms with Crippen molar-refractivity contribution in [1.29, 1.82) is 0 Å². The first-order chi connectivity index (χ1) is 16.7. The average molecular weight is 439 g/mol. The molecule has 0 fully saturated rings. The van der Waals surface area contributed by atoms with Crippen LogP contribution in [-0.4, -0.2) is 9.13 Å². The zero-order valence-electron chi connectivity index (χ0n) is 19.2. The van der Waals surface area contributed by atoms with Crippen LogP contribution >= 0.6 is 0 Å². The molecule has 0 unspecified atom stereocenters. The molecule has 0 atom stereocenters. The lowest BCUT2D eigenvalue weighted by Crippen LogP contribution is -2.35. The van der Waals surface area contributed by atoms with Crippen molar-refractivity contribution in [2.75, 3.05) is 0 Å². The van der Waals surface area contributed by atoms with Crippen LogP contribution in [0.15, 0.2) is 109 Å². The molecule has 0 radical (unpaired) electrons. The molecule has 0 aliphatic carbocycles. The van der Waals surface area contributed by atoms with Crippen LogP contribution in [0.5, 0.6) is 0 Å². The summed E-state index contributed by atoms with van der Waals surface area (Å²) < 4.78 is 7.02. The summed E-state index contributed by atoms with van der Waals surface area (Å²) in [6, 6.07) is 34.8. The lowest BCUT2D eigenvalue weighted by atomic mass is 10.1. The van der Waals surface area contributed by atoms with Crippen LogP contribution in [0.2, 0.25) is 0 Å². The molecule has 3 aromatic heterocycles. The van der Waals surface area contributed by atoms with Gasteiger partial charge in [-0.05, 0) is 25.1 Å². The first-order valence-corrected chi connectivity index (χ1v) is 11.7. The Morgan fingerprint density at radius 2 is 1.12 bits per heavy atom. The standard InChI is InChI=1S/C31H24N3/c1-21-23-12-4-3-11-22(23)19-33(21)31-27-16-6-5-15-26(27)30(20-32(31)2)34-28-17-9-7-13-24(28)25-14-8-10-18-29(25)34/h3-20H,1-2H3/q+1. The highest BCUT2D eigenvalue weighted by atomic mass is 15.1. The van der Waals surface area contributed by atoms with Gasteiger partial charge in [-0.15, -0.1) is 0 Å². The molecular formula is C31H24N3+. The van der Waals surface area contributed by atoms with Crippen molar-refractivity contribution in [3.63, 3.8) is 0 Å². The number of hydrogen-bond acceptors (Lipinski definition) is 0. The number of aromatic nitrogens is 3. The monoisotopic (exact) mass is 438 g/mol. The van der Waals surface area contributed by atoms with Crippen LogP contribution in [0, 0.1) is 6.92 Å². The van der Waals surface area contributed by atoms with Gasteiger partial charge in [-0.3, -0.25) is 0 Å². The maximum Gasteiger partial charge on any atom is 0.294 e. The van der Waals surface area contributed by atoms with E-state index in [1.54, 1.807) is 0 Å². The number of nitrogens with zero attached hydrogens (tertiary/aromatic N) is 3. The quantitative estimate of drug-likeness (QED) is 0.258. The Kier molecular flexibility index (Phi) is 3.97. The Labute approximate surface area is 197 Å². The summed E-state index contributed by atoms with van der Waals surface area (Å²) in [5.74, 6) is 1.17. The van der Waals surface area contributed by atoms with Gasteiger partial charge in [-0.25, -0.2) is 9.13 Å². The van der Waals surface area contributed by atoms with Gasteiger partial charge in [0.05, 0.1) is 29.2 Å². The van der Waals surface area contributed by atoms with Gasteiger partial charge in [0, 0.05) is 26.9 Å². The molecular weight excluding hydrogens is 414 g/mol. The fourth-order valence-electron chi connectivity index (χ4n) is 5.59. The van der Waals surface area contributed by atoms with E-state index in [9.17, 15) is 0 Å². The molecule has 3 heterocycles. The highest BCUT2D eigenvalue weighted by Gasteiger charge is 2.23. The maximum absolute atomic E-state index is 2.41. The van der Waals surface area contributed by atoms with Crippen molar-refractivity contribution < 1.29 is 4.57 Å². The molecule has 0 saturated heterocycles. The molecule has 34 heavy (non-hydrogen) atoms. The molecule has 3 nitrogen and oxygen atoms in total. The Hall–Kier alpha value is -4.37. The van der Waals surface area contributed by atoms with Gasteiger partial charge in [0.1, 0.15) is 18.1 Å². The van der Waals surface area contributed by atoms with Gasteiger partial charge >= 0.3 is 0 Å². The highest BCUT2D eigenvalue weighted by molar-refractivity contribution is 6.10. The molecule has 0 N–H and O–H groups in total. The van der Waals surface area contributed by atoms with E-state index in [1.165, 1.54) is 60.5 Å². The summed E-state index contributed by atoms with van der Waals surface area (Å²) in [5, 5.41) is 7.57. The summed E-state index contributed by atoms with van der Waals surface area (Å²) in [7, 11) is 2.16. The lowest BCUT2D eigenvalue weighted by molar-refractivity contribution is -0.664. The molecule has 0 amide bonds. The summed E-state index contributed by atoms with van der Waals surface area (Å²) in [6.45, 7) is 2.21. The zero-order chi connectivity index (χ0) is 22.8. The second kappa shape index (κ2) is 7.06. The summed E-state index contributed by atoms with van der Waals surface area (Å²) in [5.41, 5.74) is 4.89. The lowest BCUT2D eigenvalue weighted by Gasteiger charge is -2.14. The number of pyridine rings is 1. The summed E-state index contributed by atoms with van der Waals surface area (Å²) in [4.78, 5) is 0. The van der Waals surface area contributed by atoms with E-state index in [0.717, 1.165) is 0 Å². The number of hydrogen-bond donors (Lipinski definition) is 0. The molecule has 0 aliphatic heterocycles. The third-order valence-electron chi connectivity index (χ3n) is 7.12. The van der Waals surface area contributed by atoms with Crippen LogP contribution in [0.4, 0.5) is 0 Å². The van der Waals surface area contributed by atoms with E-state index in [1.807, 2.05) is 0 Å². The van der Waals surface area contributed by atoms with Crippen molar-refractivity contribution >= 4 is 43.4 Å². The Balaban J connectivity index is 1.61. The topological polar surface area (TPSA) is 13.7 Å². The largest absolute Gasteiger partial charge is 0.305 e. The van der Waals surface area contributed by atoms with Gasteiger partial charge in [-0.1, -0.05) is 78.9 Å². The van der Waals surface area contributed by atoms with Crippen LogP contribution < -0.4 is 4.57 Å². The zero-order valence-corrected chi connectivity index (χ0v) is 19.2. The van der Waals surface area contributed by atoms with Crippen molar-refractivity contribution in [2.45, 2.75) is 6.92 Å². The minimum atomic E-state index is 1.17. The first kappa shape index (κ1) is 19.1. The smallest absolute Gasteiger partial charge is 0.294 e. The highest BCUT2D eigenvalue weighted by Crippen LogP contribution is 2.35. The van der Waals surface area contributed by atoms with Gasteiger partial charge in [0.2, 0.25) is 0 Å². The molecule has 0 saturated carbocycles. The van der Waals surface area contributed by atoms with E-state index < -0.39 is 0 Å². The molecule has 4 aromatic carbocycles. The third kappa shape index (κ3) is 2.55. The van der Waals surface area contributed by atoms with Crippen LogP contribution in [-0.2, 0) is 7.05 Å². The summed E-state index contributed by atoms with van der Waals surface area (Å²) in [6.07, 6.45) is 4.53. The average Bonchev–Trinajstić information content (AvgIpc) is 3.39. The van der Waals surface area contributed by atoms with Gasteiger partial charge in [-0.2, -0.15) is 0 Å². The third-order valence-corrected chi connectivity index (χ3v) is 7.12. The fraction of sp³-hybridized carbons (Fsp3) is 0.0645. The molecule has 0 spiro atoms. The number of aryl methyl sites for hydroxylation is 2. The van der Waals surface area contributed by atoms with E-state index in [2.05, 4.69) is 137 Å². The van der Waals surface area contributed by atoms with Crippen molar-refractivity contribution in [3.8, 4) is 11.5 Å².